The molecule has 1 amide bonds. The maximum Gasteiger partial charge on any atom is 0.264 e. The van der Waals surface area contributed by atoms with Gasteiger partial charge in [-0.2, -0.15) is 0 Å². The van der Waals surface area contributed by atoms with Gasteiger partial charge in [0.05, 0.1) is 19.5 Å². The third-order valence-electron chi connectivity index (χ3n) is 4.32. The summed E-state index contributed by atoms with van der Waals surface area (Å²) in [4.78, 5) is 17.4. The van der Waals surface area contributed by atoms with Gasteiger partial charge in [-0.3, -0.25) is 4.79 Å². The molecule has 1 saturated heterocycles. The Balaban J connectivity index is 1.49. The third-order valence-corrected chi connectivity index (χ3v) is 7.19. The van der Waals surface area contributed by atoms with Crippen molar-refractivity contribution in [3.05, 3.63) is 95.1 Å². The molecule has 32 heavy (non-hydrogen) atoms. The normalized spacial score (nSPS) is 15.9. The molecule has 4 nitrogen and oxygen atoms in total. The summed E-state index contributed by atoms with van der Waals surface area (Å²) < 4.78 is 8.59. The molecule has 0 saturated carbocycles. The average Bonchev–Trinajstić information content (AvgIpc) is 3.09. The molecule has 1 N–H and O–H groups in total. The van der Waals surface area contributed by atoms with Gasteiger partial charge in [0, 0.05) is 9.50 Å². The Labute approximate surface area is 219 Å². The summed E-state index contributed by atoms with van der Waals surface area (Å²) in [5.74, 6) is 0.508. The van der Waals surface area contributed by atoms with Crippen LogP contribution in [0.3, 0.4) is 0 Å². The third kappa shape index (κ3) is 6.05. The predicted molar refractivity (Wildman–Crippen MR) is 143 cm³/mol. The zero-order valence-electron chi connectivity index (χ0n) is 16.2. The molecule has 1 fully saturated rings. The van der Waals surface area contributed by atoms with E-state index >= 15 is 0 Å². The van der Waals surface area contributed by atoms with E-state index in [1.54, 1.807) is 24.3 Å². The van der Waals surface area contributed by atoms with Crippen LogP contribution in [0, 0.1) is 0 Å². The Morgan fingerprint density at radius 3 is 2.31 bits per heavy atom. The molecule has 1 aliphatic rings. The lowest BCUT2D eigenvalue weighted by Crippen LogP contribution is -2.19. The van der Waals surface area contributed by atoms with E-state index in [-0.39, 0.29) is 5.91 Å². The Kier molecular flexibility index (Phi) is 7.78. The van der Waals surface area contributed by atoms with Crippen LogP contribution in [0.4, 0.5) is 5.69 Å². The zero-order valence-corrected chi connectivity index (χ0v) is 22.6. The Morgan fingerprint density at radius 1 is 1.00 bits per heavy atom. The largest absolute Gasteiger partial charge is 0.487 e. The first-order valence-corrected chi connectivity index (χ1v) is 12.9. The van der Waals surface area contributed by atoms with Gasteiger partial charge in [0.2, 0.25) is 0 Å². The van der Waals surface area contributed by atoms with Crippen LogP contribution in [0.15, 0.2) is 84.0 Å². The fraction of sp³-hybridized carbons (Fsp3) is 0.0435. The number of thioether (sulfide) groups is 1. The monoisotopic (exact) mass is 654 g/mol. The molecule has 3 aromatic carbocycles. The molecular weight excluding hydrogens is 643 g/mol. The van der Waals surface area contributed by atoms with Crippen molar-refractivity contribution in [1.82, 2.24) is 5.32 Å². The Hall–Kier alpha value is -1.58. The van der Waals surface area contributed by atoms with Gasteiger partial charge >= 0.3 is 0 Å². The van der Waals surface area contributed by atoms with E-state index < -0.39 is 0 Å². The number of amides is 1. The number of nitrogens with zero attached hydrogens (tertiary/aromatic N) is 1. The van der Waals surface area contributed by atoms with Gasteiger partial charge in [0.1, 0.15) is 12.4 Å². The summed E-state index contributed by atoms with van der Waals surface area (Å²) >= 11 is 17.8. The number of carbonyl (C=O) groups excluding carboxylic acids is 1. The van der Waals surface area contributed by atoms with E-state index in [1.165, 1.54) is 11.8 Å². The quantitative estimate of drug-likeness (QED) is 0.282. The van der Waals surface area contributed by atoms with Crippen LogP contribution < -0.4 is 10.1 Å². The first-order valence-electron chi connectivity index (χ1n) is 9.29. The number of ether oxygens (including phenoxy) is 1. The zero-order chi connectivity index (χ0) is 22.7. The Bertz CT molecular complexity index is 1210. The highest BCUT2D eigenvalue weighted by molar-refractivity contribution is 9.11. The van der Waals surface area contributed by atoms with Crippen molar-refractivity contribution in [2.24, 2.45) is 4.99 Å². The van der Waals surface area contributed by atoms with Crippen LogP contribution in [-0.4, -0.2) is 11.1 Å². The van der Waals surface area contributed by atoms with Gasteiger partial charge in [0.15, 0.2) is 5.17 Å². The van der Waals surface area contributed by atoms with E-state index in [9.17, 15) is 4.79 Å². The van der Waals surface area contributed by atoms with Crippen LogP contribution >= 0.6 is 71.2 Å². The predicted octanol–water partition coefficient (Wildman–Crippen LogP) is 8.10. The standard InChI is InChI=1S/C23H14Br3ClN2O2S/c24-15-3-1-13(2-4-15)12-31-21-18(25)9-14(10-19(21)26)11-20-22(30)29-23(32-20)28-17-7-5-16(27)6-8-17/h1-11H,12H2,(H,28,29,30)/b20-11-. The topological polar surface area (TPSA) is 50.7 Å². The average molecular weight is 658 g/mol. The second kappa shape index (κ2) is 10.6. The van der Waals surface area contributed by atoms with E-state index in [1.807, 2.05) is 42.5 Å². The smallest absolute Gasteiger partial charge is 0.264 e. The van der Waals surface area contributed by atoms with Gasteiger partial charge in [0.25, 0.3) is 5.91 Å². The maximum absolute atomic E-state index is 12.4. The molecule has 4 rings (SSSR count). The number of amidine groups is 1. The molecule has 0 aromatic heterocycles. The minimum absolute atomic E-state index is 0.189. The van der Waals surface area contributed by atoms with Crippen molar-refractivity contribution in [1.29, 1.82) is 0 Å². The fourth-order valence-electron chi connectivity index (χ4n) is 2.80. The second-order valence-electron chi connectivity index (χ2n) is 6.69. The first kappa shape index (κ1) is 23.6. The minimum atomic E-state index is -0.189. The SMILES string of the molecule is O=C1NC(=Nc2ccc(Cl)cc2)S/C1=C\c1cc(Br)c(OCc2ccc(Br)cc2)c(Br)c1. The molecule has 0 bridgehead atoms. The van der Waals surface area contributed by atoms with Crippen molar-refractivity contribution >= 4 is 94.0 Å². The molecular formula is C23H14Br3ClN2O2S. The number of nitrogens with one attached hydrogen (secondary N) is 1. The highest BCUT2D eigenvalue weighted by Crippen LogP contribution is 2.37. The fourth-order valence-corrected chi connectivity index (χ4v) is 5.48. The van der Waals surface area contributed by atoms with Crippen LogP contribution in [0.2, 0.25) is 5.02 Å². The van der Waals surface area contributed by atoms with E-state index in [2.05, 4.69) is 58.1 Å². The number of rotatable bonds is 5. The van der Waals surface area contributed by atoms with Gasteiger partial charge in [-0.05, 0) is 109 Å². The molecule has 0 unspecified atom stereocenters. The Morgan fingerprint density at radius 2 is 1.66 bits per heavy atom. The van der Waals surface area contributed by atoms with E-state index in [4.69, 9.17) is 16.3 Å². The van der Waals surface area contributed by atoms with Crippen molar-refractivity contribution in [3.63, 3.8) is 0 Å². The number of carbonyl (C=O) groups is 1. The van der Waals surface area contributed by atoms with Gasteiger partial charge in [-0.1, -0.05) is 39.7 Å². The molecule has 1 heterocycles. The lowest BCUT2D eigenvalue weighted by atomic mass is 10.2. The number of hydrogen-bond donors (Lipinski definition) is 1. The lowest BCUT2D eigenvalue weighted by Gasteiger charge is -2.12. The van der Waals surface area contributed by atoms with Crippen molar-refractivity contribution in [2.45, 2.75) is 6.61 Å². The summed E-state index contributed by atoms with van der Waals surface area (Å²) in [7, 11) is 0. The molecule has 9 heteroatoms. The van der Waals surface area contributed by atoms with Gasteiger partial charge < -0.3 is 10.1 Å². The van der Waals surface area contributed by atoms with Crippen LogP contribution in [-0.2, 0) is 11.4 Å². The summed E-state index contributed by atoms with van der Waals surface area (Å²) in [6.45, 7) is 0.438. The van der Waals surface area contributed by atoms with Crippen LogP contribution in [0.25, 0.3) is 6.08 Å². The second-order valence-corrected chi connectivity index (χ2v) is 10.8. The number of benzene rings is 3. The van der Waals surface area contributed by atoms with Crippen molar-refractivity contribution in [2.75, 3.05) is 0 Å². The van der Waals surface area contributed by atoms with Gasteiger partial charge in [-0.15, -0.1) is 0 Å². The number of halogens is 4. The van der Waals surface area contributed by atoms with Crippen molar-refractivity contribution < 1.29 is 9.53 Å². The summed E-state index contributed by atoms with van der Waals surface area (Å²) in [5, 5.41) is 3.95. The molecule has 3 aromatic rings. The number of aliphatic imine (C=N–C) groups is 1. The van der Waals surface area contributed by atoms with Crippen LogP contribution in [0.5, 0.6) is 5.75 Å². The molecule has 0 aliphatic carbocycles. The molecule has 0 radical (unpaired) electrons. The molecule has 1 aliphatic heterocycles. The summed E-state index contributed by atoms with van der Waals surface area (Å²) in [6.07, 6.45) is 1.82. The highest BCUT2D eigenvalue weighted by atomic mass is 79.9. The van der Waals surface area contributed by atoms with Crippen LogP contribution in [0.1, 0.15) is 11.1 Å². The molecule has 0 atom stereocenters. The van der Waals surface area contributed by atoms with Gasteiger partial charge in [-0.25, -0.2) is 4.99 Å². The number of hydrogen-bond acceptors (Lipinski definition) is 4. The first-order chi connectivity index (χ1) is 15.4. The minimum Gasteiger partial charge on any atom is -0.487 e. The van der Waals surface area contributed by atoms with E-state index in [0.717, 1.165) is 30.2 Å². The maximum atomic E-state index is 12.4. The lowest BCUT2D eigenvalue weighted by molar-refractivity contribution is -0.115. The van der Waals surface area contributed by atoms with E-state index in [0.29, 0.717) is 27.5 Å². The molecule has 162 valence electrons. The van der Waals surface area contributed by atoms with Crippen molar-refractivity contribution in [3.8, 4) is 5.75 Å². The molecule has 0 spiro atoms. The summed E-state index contributed by atoms with van der Waals surface area (Å²) in [5.41, 5.74) is 2.63. The highest BCUT2D eigenvalue weighted by Gasteiger charge is 2.24. The summed E-state index contributed by atoms with van der Waals surface area (Å²) in [6, 6.07) is 18.9.